The molecule has 0 aliphatic heterocycles. The summed E-state index contributed by atoms with van der Waals surface area (Å²) >= 11 is 0. The number of benzene rings is 2. The second-order valence-corrected chi connectivity index (χ2v) is 6.88. The minimum Gasteiger partial charge on any atom is -0.481 e. The summed E-state index contributed by atoms with van der Waals surface area (Å²) in [4.78, 5) is 23.9. The van der Waals surface area contributed by atoms with Crippen LogP contribution in [0.2, 0.25) is 0 Å². The zero-order valence-corrected chi connectivity index (χ0v) is 15.1. The molecule has 1 unspecified atom stereocenters. The predicted octanol–water partition coefficient (Wildman–Crippen LogP) is 3.84. The number of halogens is 2. The highest BCUT2D eigenvalue weighted by Gasteiger charge is 2.30. The maximum Gasteiger partial charge on any atom is 0.306 e. The van der Waals surface area contributed by atoms with Gasteiger partial charge in [-0.1, -0.05) is 30.3 Å². The average Bonchev–Trinajstić information content (AvgIpc) is 2.69. The van der Waals surface area contributed by atoms with Crippen molar-refractivity contribution in [1.29, 1.82) is 0 Å². The van der Waals surface area contributed by atoms with E-state index in [0.717, 1.165) is 12.1 Å². The van der Waals surface area contributed by atoms with Crippen LogP contribution in [0.3, 0.4) is 0 Å². The van der Waals surface area contributed by atoms with Crippen LogP contribution in [0.25, 0.3) is 0 Å². The summed E-state index contributed by atoms with van der Waals surface area (Å²) < 4.78 is 32.4. The van der Waals surface area contributed by atoms with E-state index >= 15 is 0 Å². The first-order chi connectivity index (χ1) is 13.4. The zero-order valence-electron chi connectivity index (χ0n) is 15.1. The van der Waals surface area contributed by atoms with Crippen LogP contribution in [0.15, 0.2) is 48.5 Å². The Bertz CT molecular complexity index is 836. The van der Waals surface area contributed by atoms with E-state index in [9.17, 15) is 18.4 Å². The third-order valence-electron chi connectivity index (χ3n) is 4.91. The summed E-state index contributed by atoms with van der Waals surface area (Å²) in [5, 5.41) is 12.0. The summed E-state index contributed by atoms with van der Waals surface area (Å²) in [5.74, 6) is -3.61. The van der Waals surface area contributed by atoms with E-state index in [4.69, 9.17) is 9.84 Å². The molecule has 0 heterocycles. The normalized spacial score (nSPS) is 20.2. The zero-order chi connectivity index (χ0) is 20.1. The first kappa shape index (κ1) is 19.8. The SMILES string of the molecule is O=C(O)C1CCC(NC(=O)C(Oc2ccc(F)c(F)c2)c2ccccc2)CC1. The maximum absolute atomic E-state index is 13.5. The van der Waals surface area contributed by atoms with E-state index < -0.39 is 29.6 Å². The Morgan fingerprint density at radius 2 is 1.68 bits per heavy atom. The average molecular weight is 389 g/mol. The number of ether oxygens (including phenoxy) is 1. The third kappa shape index (κ3) is 4.85. The Labute approximate surface area is 161 Å². The van der Waals surface area contributed by atoms with Gasteiger partial charge in [-0.3, -0.25) is 9.59 Å². The van der Waals surface area contributed by atoms with Gasteiger partial charge in [0.1, 0.15) is 5.75 Å². The smallest absolute Gasteiger partial charge is 0.306 e. The van der Waals surface area contributed by atoms with Gasteiger partial charge < -0.3 is 15.2 Å². The molecule has 2 N–H and O–H groups in total. The van der Waals surface area contributed by atoms with Crippen LogP contribution in [-0.2, 0) is 9.59 Å². The maximum atomic E-state index is 13.5. The molecule has 2 aromatic carbocycles. The van der Waals surface area contributed by atoms with Crippen molar-refractivity contribution in [3.8, 4) is 5.75 Å². The third-order valence-corrected chi connectivity index (χ3v) is 4.91. The van der Waals surface area contributed by atoms with E-state index in [-0.39, 0.29) is 17.7 Å². The van der Waals surface area contributed by atoms with Crippen LogP contribution in [0.4, 0.5) is 8.78 Å². The van der Waals surface area contributed by atoms with Crippen LogP contribution in [0.1, 0.15) is 37.4 Å². The molecule has 2 aromatic rings. The van der Waals surface area contributed by atoms with Crippen molar-refractivity contribution in [1.82, 2.24) is 5.32 Å². The van der Waals surface area contributed by atoms with Gasteiger partial charge >= 0.3 is 5.97 Å². The van der Waals surface area contributed by atoms with Crippen LogP contribution in [0, 0.1) is 17.6 Å². The minimum atomic E-state index is -1.06. The van der Waals surface area contributed by atoms with Crippen molar-refractivity contribution >= 4 is 11.9 Å². The van der Waals surface area contributed by atoms with Crippen molar-refractivity contribution in [2.45, 2.75) is 37.8 Å². The molecule has 7 heteroatoms. The lowest BCUT2D eigenvalue weighted by Gasteiger charge is -2.28. The second-order valence-electron chi connectivity index (χ2n) is 6.88. The molecule has 1 saturated carbocycles. The van der Waals surface area contributed by atoms with Gasteiger partial charge in [-0.05, 0) is 37.8 Å². The number of carboxylic acids is 1. The lowest BCUT2D eigenvalue weighted by Crippen LogP contribution is -2.42. The second kappa shape index (κ2) is 8.82. The van der Waals surface area contributed by atoms with Gasteiger partial charge in [0.25, 0.3) is 5.91 Å². The van der Waals surface area contributed by atoms with E-state index in [1.54, 1.807) is 30.3 Å². The van der Waals surface area contributed by atoms with E-state index in [1.807, 2.05) is 0 Å². The molecular formula is C21H21F2NO4. The van der Waals surface area contributed by atoms with Crippen molar-refractivity contribution in [2.24, 2.45) is 5.92 Å². The monoisotopic (exact) mass is 389 g/mol. The van der Waals surface area contributed by atoms with Gasteiger partial charge in [-0.25, -0.2) is 8.78 Å². The van der Waals surface area contributed by atoms with E-state index in [1.165, 1.54) is 6.07 Å². The molecule has 0 bridgehead atoms. The fraction of sp³-hybridized carbons (Fsp3) is 0.333. The Morgan fingerprint density at radius 3 is 2.29 bits per heavy atom. The molecule has 3 rings (SSSR count). The lowest BCUT2D eigenvalue weighted by molar-refractivity contribution is -0.142. The number of hydrogen-bond donors (Lipinski definition) is 2. The number of aliphatic carboxylic acids is 1. The summed E-state index contributed by atoms with van der Waals surface area (Å²) in [6.45, 7) is 0. The molecule has 0 radical (unpaired) electrons. The van der Waals surface area contributed by atoms with Crippen LogP contribution in [-0.4, -0.2) is 23.0 Å². The largest absolute Gasteiger partial charge is 0.481 e. The quantitative estimate of drug-likeness (QED) is 0.787. The first-order valence-corrected chi connectivity index (χ1v) is 9.14. The van der Waals surface area contributed by atoms with Crippen LogP contribution >= 0.6 is 0 Å². The summed E-state index contributed by atoms with van der Waals surface area (Å²) in [6.07, 6.45) is 1.09. The molecule has 1 aliphatic rings. The highest BCUT2D eigenvalue weighted by Crippen LogP contribution is 2.27. The van der Waals surface area contributed by atoms with Crippen LogP contribution in [0.5, 0.6) is 5.75 Å². The highest BCUT2D eigenvalue weighted by molar-refractivity contribution is 5.83. The number of nitrogens with one attached hydrogen (secondary N) is 1. The summed E-state index contributed by atoms with van der Waals surface area (Å²) in [6, 6.07) is 11.7. The Hall–Kier alpha value is -2.96. The molecular weight excluding hydrogens is 368 g/mol. The van der Waals surface area contributed by atoms with Gasteiger partial charge in [0.05, 0.1) is 5.92 Å². The first-order valence-electron chi connectivity index (χ1n) is 9.14. The molecule has 5 nitrogen and oxygen atoms in total. The Balaban J connectivity index is 1.72. The Kier molecular flexibility index (Phi) is 6.23. The fourth-order valence-electron chi connectivity index (χ4n) is 3.35. The van der Waals surface area contributed by atoms with Crippen molar-refractivity contribution in [3.05, 3.63) is 65.7 Å². The number of carbonyl (C=O) groups excluding carboxylic acids is 1. The number of carbonyl (C=O) groups is 2. The molecule has 1 atom stereocenters. The summed E-state index contributed by atoms with van der Waals surface area (Å²) in [7, 11) is 0. The molecule has 148 valence electrons. The number of carboxylic acid groups (broad SMARTS) is 1. The fourth-order valence-corrected chi connectivity index (χ4v) is 3.35. The van der Waals surface area contributed by atoms with Crippen molar-refractivity contribution in [2.75, 3.05) is 0 Å². The van der Waals surface area contributed by atoms with Gasteiger partial charge in [0.15, 0.2) is 11.6 Å². The Morgan fingerprint density at radius 1 is 1.00 bits per heavy atom. The molecule has 1 aliphatic carbocycles. The lowest BCUT2D eigenvalue weighted by atomic mass is 9.86. The molecule has 28 heavy (non-hydrogen) atoms. The molecule has 0 saturated heterocycles. The predicted molar refractivity (Wildman–Crippen MR) is 97.7 cm³/mol. The van der Waals surface area contributed by atoms with E-state index in [2.05, 4.69) is 5.32 Å². The summed E-state index contributed by atoms with van der Waals surface area (Å²) in [5.41, 5.74) is 0.573. The van der Waals surface area contributed by atoms with Gasteiger partial charge in [-0.2, -0.15) is 0 Å². The topological polar surface area (TPSA) is 75.6 Å². The number of hydrogen-bond acceptors (Lipinski definition) is 3. The van der Waals surface area contributed by atoms with Gasteiger partial charge in [0.2, 0.25) is 6.10 Å². The van der Waals surface area contributed by atoms with Crippen LogP contribution < -0.4 is 10.1 Å². The molecule has 1 fully saturated rings. The van der Waals surface area contributed by atoms with E-state index in [0.29, 0.717) is 31.2 Å². The van der Waals surface area contributed by atoms with Gasteiger partial charge in [-0.15, -0.1) is 0 Å². The molecule has 0 spiro atoms. The molecule has 1 amide bonds. The number of amides is 1. The van der Waals surface area contributed by atoms with Crippen molar-refractivity contribution in [3.63, 3.8) is 0 Å². The highest BCUT2D eigenvalue weighted by atomic mass is 19.2. The standard InChI is InChI=1S/C21H21F2NO4/c22-17-11-10-16(12-18(17)23)28-19(13-4-2-1-3-5-13)20(25)24-15-8-6-14(7-9-15)21(26)27/h1-5,10-12,14-15,19H,6-9H2,(H,24,25)(H,26,27). The minimum absolute atomic E-state index is 0.0393. The molecule has 0 aromatic heterocycles. The van der Waals surface area contributed by atoms with Gasteiger partial charge in [0, 0.05) is 17.7 Å². The van der Waals surface area contributed by atoms with Crippen molar-refractivity contribution < 1.29 is 28.2 Å². The number of rotatable bonds is 6.